The first-order valence-electron chi connectivity index (χ1n) is 6.81. The molecule has 2 N–H and O–H groups in total. The van der Waals surface area contributed by atoms with E-state index in [1.54, 1.807) is 0 Å². The van der Waals surface area contributed by atoms with Crippen LogP contribution in [0.5, 0.6) is 0 Å². The highest BCUT2D eigenvalue weighted by Crippen LogP contribution is 2.27. The molecular formula is C13H25ClN2O. The van der Waals surface area contributed by atoms with Crippen LogP contribution in [0, 0.1) is 5.92 Å². The molecule has 17 heavy (non-hydrogen) atoms. The average molecular weight is 261 g/mol. The number of rotatable bonds is 2. The number of nitrogens with two attached hydrogens (primary N) is 1. The van der Waals surface area contributed by atoms with Gasteiger partial charge in [0.25, 0.3) is 0 Å². The maximum absolute atomic E-state index is 12.1. The van der Waals surface area contributed by atoms with Crippen molar-refractivity contribution in [3.63, 3.8) is 0 Å². The zero-order valence-corrected chi connectivity index (χ0v) is 11.4. The van der Waals surface area contributed by atoms with Gasteiger partial charge in [-0.25, -0.2) is 0 Å². The molecule has 2 atom stereocenters. The number of amides is 1. The summed E-state index contributed by atoms with van der Waals surface area (Å²) in [4.78, 5) is 14.2. The Bertz CT molecular complexity index is 240. The van der Waals surface area contributed by atoms with E-state index in [1.165, 1.54) is 32.1 Å². The second kappa shape index (κ2) is 7.22. The highest BCUT2D eigenvalue weighted by molar-refractivity contribution is 5.85. The van der Waals surface area contributed by atoms with Crippen molar-refractivity contribution in [1.29, 1.82) is 0 Å². The molecule has 0 aromatic carbocycles. The molecule has 0 spiro atoms. The maximum Gasteiger partial charge on any atom is 0.222 e. The SMILES string of the molecule is Cl.N[C@@H]1CCC[C@H]1CC(=O)N1CCCCCC1. The molecule has 2 rings (SSSR count). The summed E-state index contributed by atoms with van der Waals surface area (Å²) >= 11 is 0. The van der Waals surface area contributed by atoms with Crippen molar-refractivity contribution in [1.82, 2.24) is 4.90 Å². The molecule has 1 aliphatic heterocycles. The van der Waals surface area contributed by atoms with Crippen LogP contribution in [-0.4, -0.2) is 29.9 Å². The first-order valence-corrected chi connectivity index (χ1v) is 6.81. The minimum atomic E-state index is 0. The predicted octanol–water partition coefficient (Wildman–Crippen LogP) is 2.33. The molecule has 0 aromatic heterocycles. The molecule has 1 aliphatic carbocycles. The number of hydrogen-bond acceptors (Lipinski definition) is 2. The van der Waals surface area contributed by atoms with Crippen LogP contribution in [0.25, 0.3) is 0 Å². The first-order chi connectivity index (χ1) is 7.77. The fraction of sp³-hybridized carbons (Fsp3) is 0.923. The van der Waals surface area contributed by atoms with Crippen molar-refractivity contribution in [2.45, 2.75) is 57.4 Å². The van der Waals surface area contributed by atoms with Crippen LogP contribution in [0.4, 0.5) is 0 Å². The van der Waals surface area contributed by atoms with E-state index >= 15 is 0 Å². The van der Waals surface area contributed by atoms with Crippen molar-refractivity contribution in [3.05, 3.63) is 0 Å². The Kier molecular flexibility index (Phi) is 6.28. The summed E-state index contributed by atoms with van der Waals surface area (Å²) in [5.41, 5.74) is 6.02. The lowest BCUT2D eigenvalue weighted by Gasteiger charge is -2.23. The standard InChI is InChI=1S/C13H24N2O.ClH/c14-12-7-5-6-11(12)10-13(16)15-8-3-1-2-4-9-15;/h11-12H,1-10,14H2;1H/t11-,12+;/m0./s1. The van der Waals surface area contributed by atoms with E-state index in [4.69, 9.17) is 5.73 Å². The fourth-order valence-corrected chi connectivity index (χ4v) is 2.99. The van der Waals surface area contributed by atoms with Gasteiger partial charge in [-0.1, -0.05) is 19.3 Å². The van der Waals surface area contributed by atoms with Gasteiger partial charge in [-0.2, -0.15) is 0 Å². The Morgan fingerprint density at radius 3 is 2.24 bits per heavy atom. The Morgan fingerprint density at radius 2 is 1.71 bits per heavy atom. The summed E-state index contributed by atoms with van der Waals surface area (Å²) in [5, 5.41) is 0. The molecule has 0 aromatic rings. The van der Waals surface area contributed by atoms with Gasteiger partial charge < -0.3 is 10.6 Å². The van der Waals surface area contributed by atoms with Crippen molar-refractivity contribution in [2.24, 2.45) is 11.7 Å². The van der Waals surface area contributed by atoms with Gasteiger partial charge >= 0.3 is 0 Å². The lowest BCUT2D eigenvalue weighted by atomic mass is 9.99. The second-order valence-corrected chi connectivity index (χ2v) is 5.35. The van der Waals surface area contributed by atoms with Crippen molar-refractivity contribution >= 4 is 18.3 Å². The van der Waals surface area contributed by atoms with Gasteiger partial charge in [0, 0.05) is 25.6 Å². The normalized spacial score (nSPS) is 29.6. The summed E-state index contributed by atoms with van der Waals surface area (Å²) in [6.45, 7) is 1.95. The smallest absolute Gasteiger partial charge is 0.222 e. The van der Waals surface area contributed by atoms with Crippen LogP contribution in [0.15, 0.2) is 0 Å². The van der Waals surface area contributed by atoms with Crippen LogP contribution >= 0.6 is 12.4 Å². The van der Waals surface area contributed by atoms with Gasteiger partial charge in [0.15, 0.2) is 0 Å². The van der Waals surface area contributed by atoms with Crippen molar-refractivity contribution in [3.8, 4) is 0 Å². The molecular weight excluding hydrogens is 236 g/mol. The molecule has 3 nitrogen and oxygen atoms in total. The number of nitrogens with zero attached hydrogens (tertiary/aromatic N) is 1. The number of likely N-dealkylation sites (tertiary alicyclic amines) is 1. The van der Waals surface area contributed by atoms with Crippen LogP contribution < -0.4 is 5.73 Å². The Balaban J connectivity index is 0.00000144. The van der Waals surface area contributed by atoms with Gasteiger partial charge in [-0.15, -0.1) is 12.4 Å². The first kappa shape index (κ1) is 14.8. The Morgan fingerprint density at radius 1 is 1.06 bits per heavy atom. The minimum absolute atomic E-state index is 0. The van der Waals surface area contributed by atoms with Gasteiger partial charge in [0.1, 0.15) is 0 Å². The highest BCUT2D eigenvalue weighted by Gasteiger charge is 2.28. The third-order valence-corrected chi connectivity index (χ3v) is 4.11. The summed E-state index contributed by atoms with van der Waals surface area (Å²) in [5.74, 6) is 0.806. The molecule has 0 unspecified atom stereocenters. The van der Waals surface area contributed by atoms with Crippen LogP contribution in [0.3, 0.4) is 0 Å². The molecule has 0 radical (unpaired) electrons. The monoisotopic (exact) mass is 260 g/mol. The van der Waals surface area contributed by atoms with Gasteiger partial charge in [-0.05, 0) is 31.6 Å². The molecule has 1 amide bonds. The lowest BCUT2D eigenvalue weighted by molar-refractivity contribution is -0.132. The zero-order valence-electron chi connectivity index (χ0n) is 10.6. The molecule has 1 saturated carbocycles. The zero-order chi connectivity index (χ0) is 11.4. The van der Waals surface area contributed by atoms with E-state index in [-0.39, 0.29) is 18.4 Å². The molecule has 1 saturated heterocycles. The molecule has 4 heteroatoms. The van der Waals surface area contributed by atoms with Crippen LogP contribution in [-0.2, 0) is 4.79 Å². The molecule has 2 aliphatic rings. The third-order valence-electron chi connectivity index (χ3n) is 4.11. The second-order valence-electron chi connectivity index (χ2n) is 5.35. The predicted molar refractivity (Wildman–Crippen MR) is 72.2 cm³/mol. The van der Waals surface area contributed by atoms with Crippen LogP contribution in [0.1, 0.15) is 51.4 Å². The molecule has 100 valence electrons. The number of halogens is 1. The number of hydrogen-bond donors (Lipinski definition) is 1. The van der Waals surface area contributed by atoms with E-state index in [9.17, 15) is 4.79 Å². The van der Waals surface area contributed by atoms with E-state index < -0.39 is 0 Å². The highest BCUT2D eigenvalue weighted by atomic mass is 35.5. The fourth-order valence-electron chi connectivity index (χ4n) is 2.99. The van der Waals surface area contributed by atoms with E-state index in [0.29, 0.717) is 18.2 Å². The van der Waals surface area contributed by atoms with Crippen molar-refractivity contribution < 1.29 is 4.79 Å². The average Bonchev–Trinajstić information content (AvgIpc) is 2.57. The number of carbonyl (C=O) groups is 1. The quantitative estimate of drug-likeness (QED) is 0.828. The molecule has 1 heterocycles. The summed E-state index contributed by atoms with van der Waals surface area (Å²) in [6.07, 6.45) is 9.10. The lowest BCUT2D eigenvalue weighted by Crippen LogP contribution is -2.35. The largest absolute Gasteiger partial charge is 0.343 e. The van der Waals surface area contributed by atoms with Gasteiger partial charge in [0.05, 0.1) is 0 Å². The number of carbonyl (C=O) groups excluding carboxylic acids is 1. The maximum atomic E-state index is 12.1. The Hall–Kier alpha value is -0.280. The van der Waals surface area contributed by atoms with Gasteiger partial charge in [-0.3, -0.25) is 4.79 Å². The molecule has 0 bridgehead atoms. The van der Waals surface area contributed by atoms with Crippen molar-refractivity contribution in [2.75, 3.05) is 13.1 Å². The van der Waals surface area contributed by atoms with E-state index in [1.807, 2.05) is 0 Å². The van der Waals surface area contributed by atoms with Crippen LogP contribution in [0.2, 0.25) is 0 Å². The minimum Gasteiger partial charge on any atom is -0.343 e. The van der Waals surface area contributed by atoms with E-state index in [2.05, 4.69) is 4.90 Å². The van der Waals surface area contributed by atoms with E-state index in [0.717, 1.165) is 25.9 Å². The third kappa shape index (κ3) is 4.14. The summed E-state index contributed by atoms with van der Waals surface area (Å²) < 4.78 is 0. The summed E-state index contributed by atoms with van der Waals surface area (Å²) in [7, 11) is 0. The molecule has 2 fully saturated rings. The topological polar surface area (TPSA) is 46.3 Å². The van der Waals surface area contributed by atoms with Gasteiger partial charge in [0.2, 0.25) is 5.91 Å². The summed E-state index contributed by atoms with van der Waals surface area (Å²) in [6, 6.07) is 0.274. The Labute approximate surface area is 111 Å².